The molecule has 0 fully saturated rings. The van der Waals surface area contributed by atoms with Crippen molar-refractivity contribution >= 4 is 5.84 Å². The highest BCUT2D eigenvalue weighted by Crippen LogP contribution is 2.02. The highest BCUT2D eigenvalue weighted by atomic mass is 16.4. The van der Waals surface area contributed by atoms with Gasteiger partial charge in [-0.05, 0) is 13.3 Å². The molecule has 0 amide bonds. The number of nitrogens with zero attached hydrogens (tertiary/aromatic N) is 1. The Morgan fingerprint density at radius 2 is 2.21 bits per heavy atom. The first-order chi connectivity index (χ1) is 6.70. The zero-order valence-corrected chi connectivity index (χ0v) is 9.29. The Hall–Kier alpha value is -0.770. The lowest BCUT2D eigenvalue weighted by molar-refractivity contribution is 0.316. The number of hydrogen-bond acceptors (Lipinski definition) is 3. The van der Waals surface area contributed by atoms with E-state index in [2.05, 4.69) is 24.3 Å². The van der Waals surface area contributed by atoms with Crippen LogP contribution in [0.3, 0.4) is 0 Å². The Kier molecular flexibility index (Phi) is 8.33. The van der Waals surface area contributed by atoms with E-state index in [1.807, 2.05) is 0 Å². The minimum absolute atomic E-state index is 0.290. The fourth-order valence-electron chi connectivity index (χ4n) is 1.30. The molecule has 0 aromatic carbocycles. The first-order valence-corrected chi connectivity index (χ1v) is 5.40. The molecule has 0 rings (SSSR count). The number of nitrogens with one attached hydrogen (secondary N) is 1. The summed E-state index contributed by atoms with van der Waals surface area (Å²) in [6.45, 7) is 5.15. The van der Waals surface area contributed by atoms with Crippen molar-refractivity contribution in [3.63, 3.8) is 0 Å². The molecule has 0 spiro atoms. The third-order valence-corrected chi connectivity index (χ3v) is 2.24. The standard InChI is InChI=1S/C10H23N3O/c1-3-4-5-6-9(2)12-8-7-10(11)13-14/h9,12,14H,3-8H2,1-2H3,(H2,11,13). The van der Waals surface area contributed by atoms with Crippen molar-refractivity contribution in [2.24, 2.45) is 10.9 Å². The van der Waals surface area contributed by atoms with Crippen LogP contribution in [0.25, 0.3) is 0 Å². The third kappa shape index (κ3) is 7.86. The number of unbranched alkanes of at least 4 members (excludes halogenated alkanes) is 2. The molecule has 0 aliphatic rings. The van der Waals surface area contributed by atoms with Gasteiger partial charge in [0.1, 0.15) is 5.84 Å². The maximum atomic E-state index is 8.31. The van der Waals surface area contributed by atoms with Crippen LogP contribution in [0.15, 0.2) is 5.16 Å². The van der Waals surface area contributed by atoms with E-state index in [4.69, 9.17) is 10.9 Å². The normalized spacial score (nSPS) is 14.3. The van der Waals surface area contributed by atoms with Crippen molar-refractivity contribution in [3.8, 4) is 0 Å². The SMILES string of the molecule is CCCCCC(C)NCCC(N)=NO. The molecule has 1 unspecified atom stereocenters. The number of oxime groups is 1. The lowest BCUT2D eigenvalue weighted by Crippen LogP contribution is -2.29. The molecule has 0 aromatic rings. The van der Waals surface area contributed by atoms with Crippen molar-refractivity contribution in [2.45, 2.75) is 52.0 Å². The van der Waals surface area contributed by atoms with E-state index in [0.29, 0.717) is 18.3 Å². The molecule has 14 heavy (non-hydrogen) atoms. The first-order valence-electron chi connectivity index (χ1n) is 5.40. The summed E-state index contributed by atoms with van der Waals surface area (Å²) in [5, 5.41) is 14.6. The van der Waals surface area contributed by atoms with Crippen LogP contribution in [-0.2, 0) is 0 Å². The molecule has 0 radical (unpaired) electrons. The fraction of sp³-hybridized carbons (Fsp3) is 0.900. The van der Waals surface area contributed by atoms with Crippen LogP contribution in [0.5, 0.6) is 0 Å². The third-order valence-electron chi connectivity index (χ3n) is 2.24. The van der Waals surface area contributed by atoms with Gasteiger partial charge in [0.25, 0.3) is 0 Å². The van der Waals surface area contributed by atoms with Gasteiger partial charge in [-0.2, -0.15) is 0 Å². The Bertz CT molecular complexity index is 159. The second-order valence-corrected chi connectivity index (χ2v) is 3.69. The summed E-state index contributed by atoms with van der Waals surface area (Å²) in [6, 6.07) is 0.521. The van der Waals surface area contributed by atoms with Gasteiger partial charge >= 0.3 is 0 Å². The minimum Gasteiger partial charge on any atom is -0.409 e. The maximum Gasteiger partial charge on any atom is 0.140 e. The predicted molar refractivity (Wildman–Crippen MR) is 59.6 cm³/mol. The lowest BCUT2D eigenvalue weighted by atomic mass is 10.1. The monoisotopic (exact) mass is 201 g/mol. The first kappa shape index (κ1) is 13.2. The van der Waals surface area contributed by atoms with Crippen molar-refractivity contribution in [3.05, 3.63) is 0 Å². The molecule has 0 bridgehead atoms. The zero-order valence-electron chi connectivity index (χ0n) is 9.29. The molecule has 0 aliphatic heterocycles. The second-order valence-electron chi connectivity index (χ2n) is 3.69. The average molecular weight is 201 g/mol. The van der Waals surface area contributed by atoms with E-state index < -0.39 is 0 Å². The molecule has 84 valence electrons. The summed E-state index contributed by atoms with van der Waals surface area (Å²) in [5.74, 6) is 0.290. The van der Waals surface area contributed by atoms with E-state index >= 15 is 0 Å². The quantitative estimate of drug-likeness (QED) is 0.184. The van der Waals surface area contributed by atoms with Crippen LogP contribution >= 0.6 is 0 Å². The van der Waals surface area contributed by atoms with Crippen molar-refractivity contribution < 1.29 is 5.21 Å². The summed E-state index contributed by atoms with van der Waals surface area (Å²) in [6.07, 6.45) is 5.63. The summed E-state index contributed by atoms with van der Waals surface area (Å²) < 4.78 is 0. The minimum atomic E-state index is 0.290. The van der Waals surface area contributed by atoms with Gasteiger partial charge in [0.15, 0.2) is 0 Å². The Morgan fingerprint density at radius 3 is 2.79 bits per heavy atom. The summed E-state index contributed by atoms with van der Waals surface area (Å²) in [4.78, 5) is 0. The van der Waals surface area contributed by atoms with Crippen LogP contribution in [0, 0.1) is 0 Å². The molecular formula is C10H23N3O. The number of nitrogens with two attached hydrogens (primary N) is 1. The molecule has 4 heteroatoms. The van der Waals surface area contributed by atoms with Gasteiger partial charge in [0.05, 0.1) is 0 Å². The summed E-state index contributed by atoms with van der Waals surface area (Å²) >= 11 is 0. The second kappa shape index (κ2) is 8.81. The summed E-state index contributed by atoms with van der Waals surface area (Å²) in [5.41, 5.74) is 5.34. The number of amidine groups is 1. The molecule has 0 aromatic heterocycles. The topological polar surface area (TPSA) is 70.6 Å². The van der Waals surface area contributed by atoms with Gasteiger partial charge < -0.3 is 16.3 Å². The Labute approximate surface area is 86.6 Å². The van der Waals surface area contributed by atoms with Gasteiger partial charge in [-0.15, -0.1) is 0 Å². The molecule has 0 aliphatic carbocycles. The molecule has 1 atom stereocenters. The van der Waals surface area contributed by atoms with E-state index in [0.717, 1.165) is 6.54 Å². The lowest BCUT2D eigenvalue weighted by Gasteiger charge is -2.12. The number of rotatable bonds is 8. The van der Waals surface area contributed by atoms with Gasteiger partial charge in [0, 0.05) is 19.0 Å². The molecule has 4 nitrogen and oxygen atoms in total. The van der Waals surface area contributed by atoms with Crippen LogP contribution in [-0.4, -0.2) is 23.6 Å². The van der Waals surface area contributed by atoms with E-state index in [9.17, 15) is 0 Å². The molecular weight excluding hydrogens is 178 g/mol. The molecule has 0 saturated carbocycles. The van der Waals surface area contributed by atoms with Gasteiger partial charge in [-0.3, -0.25) is 0 Å². The van der Waals surface area contributed by atoms with E-state index in [1.165, 1.54) is 25.7 Å². The molecule has 0 heterocycles. The smallest absolute Gasteiger partial charge is 0.140 e. The Balaban J connectivity index is 3.30. The van der Waals surface area contributed by atoms with Gasteiger partial charge in [0.2, 0.25) is 0 Å². The highest BCUT2D eigenvalue weighted by Gasteiger charge is 2.00. The van der Waals surface area contributed by atoms with Crippen LogP contribution < -0.4 is 11.1 Å². The van der Waals surface area contributed by atoms with Gasteiger partial charge in [-0.1, -0.05) is 31.3 Å². The Morgan fingerprint density at radius 1 is 1.50 bits per heavy atom. The summed E-state index contributed by atoms with van der Waals surface area (Å²) in [7, 11) is 0. The largest absolute Gasteiger partial charge is 0.409 e. The molecule has 0 saturated heterocycles. The van der Waals surface area contributed by atoms with Crippen LogP contribution in [0.2, 0.25) is 0 Å². The van der Waals surface area contributed by atoms with E-state index in [1.54, 1.807) is 0 Å². The fourth-order valence-corrected chi connectivity index (χ4v) is 1.30. The van der Waals surface area contributed by atoms with E-state index in [-0.39, 0.29) is 0 Å². The average Bonchev–Trinajstić information content (AvgIpc) is 2.18. The van der Waals surface area contributed by atoms with Crippen LogP contribution in [0.1, 0.15) is 46.0 Å². The van der Waals surface area contributed by atoms with Crippen molar-refractivity contribution in [1.82, 2.24) is 5.32 Å². The highest BCUT2D eigenvalue weighted by molar-refractivity contribution is 5.79. The van der Waals surface area contributed by atoms with Gasteiger partial charge in [-0.25, -0.2) is 0 Å². The maximum absolute atomic E-state index is 8.31. The van der Waals surface area contributed by atoms with Crippen molar-refractivity contribution in [2.75, 3.05) is 6.54 Å². The zero-order chi connectivity index (χ0) is 10.8. The predicted octanol–water partition coefficient (Wildman–Crippen LogP) is 1.68. The van der Waals surface area contributed by atoms with Crippen molar-refractivity contribution in [1.29, 1.82) is 0 Å². The van der Waals surface area contributed by atoms with Crippen LogP contribution in [0.4, 0.5) is 0 Å². The number of hydrogen-bond donors (Lipinski definition) is 3. The molecule has 4 N–H and O–H groups in total.